The highest BCUT2D eigenvalue weighted by molar-refractivity contribution is 7.91. The van der Waals surface area contributed by atoms with Crippen LogP contribution < -0.4 is 4.80 Å². The predicted molar refractivity (Wildman–Crippen MR) is 129 cm³/mol. The number of carbonyl (C=O) groups is 1. The molecule has 0 spiro atoms. The Labute approximate surface area is 200 Å². The molecule has 10 heteroatoms. The van der Waals surface area contributed by atoms with Gasteiger partial charge in [-0.3, -0.25) is 4.79 Å². The molecule has 168 valence electrons. The number of nitrogens with zero attached hydrogens (tertiary/aromatic N) is 3. The summed E-state index contributed by atoms with van der Waals surface area (Å²) in [5.41, 5.74) is 2.14. The minimum Gasteiger partial charge on any atom is -0.305 e. The number of hydrogen-bond donors (Lipinski definition) is 0. The molecule has 1 atom stereocenters. The molecule has 1 unspecified atom stereocenters. The number of terminal acetylenes is 1. The lowest BCUT2D eigenvalue weighted by Crippen LogP contribution is -2.42. The number of thiophene rings is 1. The lowest BCUT2D eigenvalue weighted by atomic mass is 9.99. The van der Waals surface area contributed by atoms with E-state index in [1.54, 1.807) is 6.07 Å². The number of aromatic nitrogens is 1. The maximum Gasteiger partial charge on any atom is 0.252 e. The van der Waals surface area contributed by atoms with Gasteiger partial charge in [0.25, 0.3) is 15.9 Å². The molecule has 1 aliphatic heterocycles. The molecular formula is C22H22ClN3O3S3. The second-order valence-electron chi connectivity index (χ2n) is 7.54. The number of carbonyl (C=O) groups excluding carboxylic acids is 1. The maximum atomic E-state index is 13.1. The fraction of sp³-hybridized carbons (Fsp3) is 0.364. The van der Waals surface area contributed by atoms with Crippen molar-refractivity contribution in [1.82, 2.24) is 8.87 Å². The first kappa shape index (κ1) is 23.2. The van der Waals surface area contributed by atoms with Gasteiger partial charge in [-0.15, -0.1) is 17.8 Å². The molecule has 0 aliphatic carbocycles. The van der Waals surface area contributed by atoms with Gasteiger partial charge < -0.3 is 4.57 Å². The third-order valence-electron chi connectivity index (χ3n) is 5.49. The summed E-state index contributed by atoms with van der Waals surface area (Å²) in [6, 6.07) is 9.22. The van der Waals surface area contributed by atoms with E-state index in [1.165, 1.54) is 27.3 Å². The predicted octanol–water partition coefficient (Wildman–Crippen LogP) is 4.14. The molecule has 3 heterocycles. The van der Waals surface area contributed by atoms with Gasteiger partial charge in [-0.1, -0.05) is 41.8 Å². The van der Waals surface area contributed by atoms with Crippen molar-refractivity contribution >= 4 is 60.4 Å². The molecule has 4 rings (SSSR count). The van der Waals surface area contributed by atoms with Crippen LogP contribution in [-0.4, -0.2) is 36.3 Å². The van der Waals surface area contributed by atoms with Crippen molar-refractivity contribution in [1.29, 1.82) is 0 Å². The molecule has 0 N–H and O–H groups in total. The van der Waals surface area contributed by atoms with Crippen LogP contribution in [0.1, 0.15) is 25.3 Å². The van der Waals surface area contributed by atoms with Crippen molar-refractivity contribution in [2.24, 2.45) is 10.9 Å². The average Bonchev–Trinajstić information content (AvgIpc) is 3.37. The summed E-state index contributed by atoms with van der Waals surface area (Å²) >= 11 is 8.37. The molecule has 3 aromatic rings. The molecule has 1 fully saturated rings. The Morgan fingerprint density at radius 3 is 2.81 bits per heavy atom. The lowest BCUT2D eigenvalue weighted by Gasteiger charge is -2.29. The monoisotopic (exact) mass is 507 g/mol. The Morgan fingerprint density at radius 1 is 1.31 bits per heavy atom. The molecule has 1 aromatic carbocycles. The van der Waals surface area contributed by atoms with Gasteiger partial charge in [-0.25, -0.2) is 8.42 Å². The number of aryl methyl sites for hydroxylation is 1. The topological polar surface area (TPSA) is 71.7 Å². The summed E-state index contributed by atoms with van der Waals surface area (Å²) in [5, 5.41) is 0. The van der Waals surface area contributed by atoms with Gasteiger partial charge in [0.1, 0.15) is 4.21 Å². The van der Waals surface area contributed by atoms with Crippen LogP contribution in [0.3, 0.4) is 0 Å². The zero-order valence-corrected chi connectivity index (χ0v) is 20.7. The van der Waals surface area contributed by atoms with E-state index in [0.29, 0.717) is 35.1 Å². The SMILES string of the molecule is C#CCn1c(=NC(=O)C2CCCN(S(=O)(=O)c3ccc(Cl)s3)C2)sc2cc(CC)ccc21. The number of halogens is 1. The van der Waals surface area contributed by atoms with Gasteiger partial charge >= 0.3 is 0 Å². The van der Waals surface area contributed by atoms with Crippen LogP contribution in [0.2, 0.25) is 4.34 Å². The van der Waals surface area contributed by atoms with Crippen molar-refractivity contribution in [3.63, 3.8) is 0 Å². The second kappa shape index (κ2) is 9.49. The summed E-state index contributed by atoms with van der Waals surface area (Å²) in [5.74, 6) is 1.82. The minimum absolute atomic E-state index is 0.111. The van der Waals surface area contributed by atoms with Crippen molar-refractivity contribution in [3.05, 3.63) is 45.0 Å². The van der Waals surface area contributed by atoms with Crippen LogP contribution in [0.4, 0.5) is 0 Å². The number of piperidine rings is 1. The number of sulfonamides is 1. The van der Waals surface area contributed by atoms with E-state index in [2.05, 4.69) is 23.9 Å². The maximum absolute atomic E-state index is 13.1. The zero-order chi connectivity index (χ0) is 22.9. The first-order valence-electron chi connectivity index (χ1n) is 10.2. The van der Waals surface area contributed by atoms with Crippen LogP contribution in [0.5, 0.6) is 0 Å². The average molecular weight is 508 g/mol. The van der Waals surface area contributed by atoms with E-state index < -0.39 is 15.9 Å². The lowest BCUT2D eigenvalue weighted by molar-refractivity contribution is -0.122. The standard InChI is InChI=1S/C22H22ClN3O3S3/c1-3-11-26-17-8-7-15(4-2)13-18(17)30-22(26)24-21(27)16-6-5-12-25(14-16)32(28,29)20-10-9-19(23)31-20/h1,7-10,13,16H,4-6,11-12,14H2,2H3. The van der Waals surface area contributed by atoms with Crippen molar-refractivity contribution in [2.75, 3.05) is 13.1 Å². The molecule has 0 saturated carbocycles. The van der Waals surface area contributed by atoms with Crippen molar-refractivity contribution in [3.8, 4) is 12.3 Å². The summed E-state index contributed by atoms with van der Waals surface area (Å²) in [4.78, 5) is 18.0. The highest BCUT2D eigenvalue weighted by Gasteiger charge is 2.34. The molecule has 2 aromatic heterocycles. The summed E-state index contributed by atoms with van der Waals surface area (Å²) in [6.45, 7) is 2.88. The molecule has 32 heavy (non-hydrogen) atoms. The number of thiazole rings is 1. The Kier molecular flexibility index (Phi) is 6.89. The normalized spacial score (nSPS) is 18.2. The second-order valence-corrected chi connectivity index (χ2v) is 12.4. The van der Waals surface area contributed by atoms with E-state index in [1.807, 2.05) is 16.7 Å². The van der Waals surface area contributed by atoms with Crippen LogP contribution in [0.15, 0.2) is 39.5 Å². The van der Waals surface area contributed by atoms with E-state index >= 15 is 0 Å². The van der Waals surface area contributed by atoms with Gasteiger partial charge in [-0.2, -0.15) is 9.30 Å². The largest absolute Gasteiger partial charge is 0.305 e. The Morgan fingerprint density at radius 2 is 2.12 bits per heavy atom. The Balaban J connectivity index is 1.64. The third-order valence-corrected chi connectivity index (χ3v) is 10.1. The summed E-state index contributed by atoms with van der Waals surface area (Å²) < 4.78 is 30.8. The van der Waals surface area contributed by atoms with Gasteiger partial charge in [-0.05, 0) is 49.1 Å². The molecule has 0 radical (unpaired) electrons. The molecule has 1 saturated heterocycles. The quantitative estimate of drug-likeness (QED) is 0.487. The van der Waals surface area contributed by atoms with Crippen LogP contribution >= 0.6 is 34.3 Å². The van der Waals surface area contributed by atoms with Crippen LogP contribution in [0.25, 0.3) is 10.2 Å². The van der Waals surface area contributed by atoms with Crippen LogP contribution in [-0.2, 0) is 27.8 Å². The number of benzene rings is 1. The van der Waals surface area contributed by atoms with E-state index in [-0.39, 0.29) is 16.7 Å². The molecule has 1 aliphatic rings. The zero-order valence-electron chi connectivity index (χ0n) is 17.5. The van der Waals surface area contributed by atoms with Gasteiger partial charge in [0.2, 0.25) is 0 Å². The number of rotatable bonds is 5. The van der Waals surface area contributed by atoms with Gasteiger partial charge in [0, 0.05) is 13.1 Å². The fourth-order valence-corrected chi connectivity index (χ4v) is 8.04. The Bertz CT molecular complexity index is 1380. The van der Waals surface area contributed by atoms with Crippen LogP contribution in [0, 0.1) is 18.3 Å². The van der Waals surface area contributed by atoms with Gasteiger partial charge in [0.05, 0.1) is 27.0 Å². The smallest absolute Gasteiger partial charge is 0.252 e. The van der Waals surface area contributed by atoms with Crippen molar-refractivity contribution in [2.45, 2.75) is 36.9 Å². The van der Waals surface area contributed by atoms with E-state index in [4.69, 9.17) is 18.0 Å². The number of amides is 1. The first-order chi connectivity index (χ1) is 15.3. The van der Waals surface area contributed by atoms with E-state index in [0.717, 1.165) is 28.0 Å². The number of hydrogen-bond acceptors (Lipinski definition) is 5. The van der Waals surface area contributed by atoms with Crippen molar-refractivity contribution < 1.29 is 13.2 Å². The summed E-state index contributed by atoms with van der Waals surface area (Å²) in [6.07, 6.45) is 7.67. The Hall–Kier alpha value is -1.96. The fourth-order valence-electron chi connectivity index (χ4n) is 3.78. The number of fused-ring (bicyclic) bond motifs is 1. The third kappa shape index (κ3) is 4.56. The summed E-state index contributed by atoms with van der Waals surface area (Å²) in [7, 11) is -3.68. The highest BCUT2D eigenvalue weighted by atomic mass is 35.5. The molecular weight excluding hydrogens is 486 g/mol. The minimum atomic E-state index is -3.68. The molecule has 6 nitrogen and oxygen atoms in total. The highest BCUT2D eigenvalue weighted by Crippen LogP contribution is 2.31. The van der Waals surface area contributed by atoms with E-state index in [9.17, 15) is 13.2 Å². The van der Waals surface area contributed by atoms with Gasteiger partial charge in [0.15, 0.2) is 4.80 Å². The molecule has 0 bridgehead atoms. The first-order valence-corrected chi connectivity index (χ1v) is 13.7. The molecule has 1 amide bonds.